The highest BCUT2D eigenvalue weighted by atomic mass is 19.4. The molecular formula is C11H18F3N3O2. The van der Waals surface area contributed by atoms with Crippen molar-refractivity contribution in [2.45, 2.75) is 44.4 Å². The predicted molar refractivity (Wildman–Crippen MR) is 62.1 cm³/mol. The summed E-state index contributed by atoms with van der Waals surface area (Å²) in [6, 6.07) is -0.320. The lowest BCUT2D eigenvalue weighted by Gasteiger charge is -2.38. The molecule has 0 aromatic rings. The number of nitrogens with one attached hydrogen (secondary N) is 1. The fourth-order valence-electron chi connectivity index (χ4n) is 2.02. The quantitative estimate of drug-likeness (QED) is 0.769. The fourth-order valence-corrected chi connectivity index (χ4v) is 2.02. The summed E-state index contributed by atoms with van der Waals surface area (Å²) in [5.41, 5.74) is 2.21. The molecule has 2 atom stereocenters. The smallest absolute Gasteiger partial charge is 0.352 e. The van der Waals surface area contributed by atoms with Crippen LogP contribution in [0.25, 0.3) is 0 Å². The van der Waals surface area contributed by atoms with Crippen LogP contribution in [0, 0.1) is 0 Å². The first-order chi connectivity index (χ1) is 8.55. The van der Waals surface area contributed by atoms with E-state index in [-0.39, 0.29) is 25.0 Å². The molecule has 1 aliphatic heterocycles. The van der Waals surface area contributed by atoms with Crippen LogP contribution in [0.5, 0.6) is 0 Å². The predicted octanol–water partition coefficient (Wildman–Crippen LogP) is 0.393. The first-order valence-electron chi connectivity index (χ1n) is 5.98. The minimum atomic E-state index is -4.80. The molecule has 2 amide bonds. The summed E-state index contributed by atoms with van der Waals surface area (Å²) in [6.07, 6.45) is -3.63. The summed E-state index contributed by atoms with van der Waals surface area (Å²) in [4.78, 5) is 23.9. The summed E-state index contributed by atoms with van der Waals surface area (Å²) in [5, 5.41) is 2.60. The second-order valence-corrected chi connectivity index (χ2v) is 4.99. The largest absolute Gasteiger partial charge is 0.415 e. The van der Waals surface area contributed by atoms with E-state index < -0.39 is 17.6 Å². The Morgan fingerprint density at radius 3 is 2.42 bits per heavy atom. The molecule has 5 nitrogen and oxygen atoms in total. The van der Waals surface area contributed by atoms with E-state index in [1.807, 2.05) is 0 Å². The van der Waals surface area contributed by atoms with Gasteiger partial charge in [0.15, 0.2) is 5.54 Å². The highest BCUT2D eigenvalue weighted by molar-refractivity contribution is 5.87. The second kappa shape index (κ2) is 5.36. The van der Waals surface area contributed by atoms with Gasteiger partial charge in [0.2, 0.25) is 5.91 Å². The number of rotatable bonds is 2. The maximum Gasteiger partial charge on any atom is 0.415 e. The van der Waals surface area contributed by atoms with Gasteiger partial charge < -0.3 is 16.0 Å². The lowest BCUT2D eigenvalue weighted by molar-refractivity contribution is -0.194. The molecule has 1 fully saturated rings. The molecule has 3 N–H and O–H groups in total. The highest BCUT2D eigenvalue weighted by Crippen LogP contribution is 2.30. The average Bonchev–Trinajstić information content (AvgIpc) is 2.25. The van der Waals surface area contributed by atoms with Gasteiger partial charge >= 0.3 is 6.18 Å². The molecule has 1 heterocycles. The number of nitrogens with two attached hydrogens (primary N) is 1. The van der Waals surface area contributed by atoms with Crippen molar-refractivity contribution in [3.63, 3.8) is 0 Å². The number of amides is 2. The molecule has 19 heavy (non-hydrogen) atoms. The Balaban J connectivity index is 2.75. The Hall–Kier alpha value is -1.31. The van der Waals surface area contributed by atoms with E-state index in [0.717, 1.165) is 4.90 Å². The van der Waals surface area contributed by atoms with E-state index in [0.29, 0.717) is 19.8 Å². The van der Waals surface area contributed by atoms with Gasteiger partial charge in [0, 0.05) is 26.1 Å². The number of piperidine rings is 1. The summed E-state index contributed by atoms with van der Waals surface area (Å²) in [7, 11) is 0. The number of hydrogen-bond acceptors (Lipinski definition) is 3. The Kier molecular flexibility index (Phi) is 4.44. The maximum atomic E-state index is 12.7. The van der Waals surface area contributed by atoms with Crippen molar-refractivity contribution in [1.82, 2.24) is 10.2 Å². The third kappa shape index (κ3) is 3.59. The molecule has 0 saturated carbocycles. The van der Waals surface area contributed by atoms with Gasteiger partial charge in [-0.1, -0.05) is 0 Å². The third-order valence-electron chi connectivity index (χ3n) is 3.15. The summed E-state index contributed by atoms with van der Waals surface area (Å²) >= 11 is 0. The topological polar surface area (TPSA) is 75.4 Å². The van der Waals surface area contributed by atoms with Gasteiger partial charge in [0.1, 0.15) is 0 Å². The van der Waals surface area contributed by atoms with Gasteiger partial charge in [0.25, 0.3) is 5.91 Å². The normalized spacial score (nSPS) is 23.7. The number of carbonyl (C=O) groups is 2. The molecule has 0 aromatic heterocycles. The van der Waals surface area contributed by atoms with Crippen LogP contribution in [-0.2, 0) is 9.59 Å². The third-order valence-corrected chi connectivity index (χ3v) is 3.15. The van der Waals surface area contributed by atoms with E-state index in [1.54, 1.807) is 0 Å². The summed E-state index contributed by atoms with van der Waals surface area (Å²) < 4.78 is 38.1. The molecule has 0 spiro atoms. The molecule has 0 aliphatic carbocycles. The zero-order chi connectivity index (χ0) is 14.8. The number of halogens is 3. The first kappa shape index (κ1) is 15.7. The molecule has 2 unspecified atom stereocenters. The van der Waals surface area contributed by atoms with E-state index in [9.17, 15) is 22.8 Å². The minimum absolute atomic E-state index is 0.0568. The Labute approximate surface area is 109 Å². The van der Waals surface area contributed by atoms with E-state index in [2.05, 4.69) is 5.32 Å². The maximum absolute atomic E-state index is 12.7. The number of alkyl halides is 3. The fraction of sp³-hybridized carbons (Fsp3) is 0.818. The Morgan fingerprint density at radius 1 is 1.37 bits per heavy atom. The SMILES string of the molecule is CC(=O)NC1CCCN(C(=O)C(C)(N)C(F)(F)F)C1. The van der Waals surface area contributed by atoms with Crippen LogP contribution in [0.4, 0.5) is 13.2 Å². The number of likely N-dealkylation sites (tertiary alicyclic amines) is 1. The van der Waals surface area contributed by atoms with Crippen LogP contribution < -0.4 is 11.1 Å². The van der Waals surface area contributed by atoms with Gasteiger partial charge in [-0.3, -0.25) is 9.59 Å². The van der Waals surface area contributed by atoms with Crippen molar-refractivity contribution in [3.05, 3.63) is 0 Å². The van der Waals surface area contributed by atoms with Crippen molar-refractivity contribution >= 4 is 11.8 Å². The second-order valence-electron chi connectivity index (χ2n) is 4.99. The van der Waals surface area contributed by atoms with Crippen LogP contribution >= 0.6 is 0 Å². The zero-order valence-electron chi connectivity index (χ0n) is 10.9. The summed E-state index contributed by atoms with van der Waals surface area (Å²) in [6.45, 7) is 2.26. The van der Waals surface area contributed by atoms with Crippen molar-refractivity contribution in [3.8, 4) is 0 Å². The van der Waals surface area contributed by atoms with Gasteiger partial charge in [-0.25, -0.2) is 0 Å². The molecule has 0 radical (unpaired) electrons. The van der Waals surface area contributed by atoms with E-state index >= 15 is 0 Å². The van der Waals surface area contributed by atoms with Crippen molar-refractivity contribution in [1.29, 1.82) is 0 Å². The Bertz CT molecular complexity index is 369. The Morgan fingerprint density at radius 2 is 1.95 bits per heavy atom. The molecule has 8 heteroatoms. The first-order valence-corrected chi connectivity index (χ1v) is 5.98. The van der Waals surface area contributed by atoms with Crippen LogP contribution in [-0.4, -0.2) is 47.6 Å². The molecule has 1 saturated heterocycles. The molecule has 0 bridgehead atoms. The monoisotopic (exact) mass is 281 g/mol. The van der Waals surface area contributed by atoms with E-state index in [4.69, 9.17) is 5.73 Å². The highest BCUT2D eigenvalue weighted by Gasteiger charge is 2.55. The number of carbonyl (C=O) groups excluding carboxylic acids is 2. The zero-order valence-corrected chi connectivity index (χ0v) is 10.9. The molecule has 1 rings (SSSR count). The van der Waals surface area contributed by atoms with Gasteiger partial charge in [-0.05, 0) is 19.8 Å². The van der Waals surface area contributed by atoms with Crippen LogP contribution in [0.15, 0.2) is 0 Å². The summed E-state index contributed by atoms with van der Waals surface area (Å²) in [5.74, 6) is -1.43. The molecule has 1 aliphatic rings. The van der Waals surface area contributed by atoms with Gasteiger partial charge in [-0.2, -0.15) is 13.2 Å². The minimum Gasteiger partial charge on any atom is -0.352 e. The molecule has 0 aromatic carbocycles. The standard InChI is InChI=1S/C11H18F3N3O2/c1-7(18)16-8-4-3-5-17(6-8)9(19)10(2,15)11(12,13)14/h8H,3-6,15H2,1-2H3,(H,16,18). The van der Waals surface area contributed by atoms with Crippen molar-refractivity contribution in [2.24, 2.45) is 5.73 Å². The van der Waals surface area contributed by atoms with Crippen molar-refractivity contribution in [2.75, 3.05) is 13.1 Å². The average molecular weight is 281 g/mol. The lowest BCUT2D eigenvalue weighted by atomic mass is 9.98. The van der Waals surface area contributed by atoms with Gasteiger partial charge in [-0.15, -0.1) is 0 Å². The van der Waals surface area contributed by atoms with Crippen LogP contribution in [0.3, 0.4) is 0 Å². The number of hydrogen-bond donors (Lipinski definition) is 2. The van der Waals surface area contributed by atoms with Crippen LogP contribution in [0.2, 0.25) is 0 Å². The van der Waals surface area contributed by atoms with Crippen molar-refractivity contribution < 1.29 is 22.8 Å². The molecule has 110 valence electrons. The van der Waals surface area contributed by atoms with E-state index in [1.165, 1.54) is 6.92 Å². The van der Waals surface area contributed by atoms with Gasteiger partial charge in [0.05, 0.1) is 0 Å². The molecular weight excluding hydrogens is 263 g/mol. The van der Waals surface area contributed by atoms with Crippen LogP contribution in [0.1, 0.15) is 26.7 Å². The lowest BCUT2D eigenvalue weighted by Crippen LogP contribution is -2.64. The number of nitrogens with zero attached hydrogens (tertiary/aromatic N) is 1.